The van der Waals surface area contributed by atoms with Crippen molar-refractivity contribution in [3.8, 4) is 17.3 Å². The number of methoxy groups -OCH3 is 1. The van der Waals surface area contributed by atoms with Gasteiger partial charge in [-0.1, -0.05) is 12.1 Å². The minimum absolute atomic E-state index is 0.0785. The van der Waals surface area contributed by atoms with Crippen molar-refractivity contribution in [3.63, 3.8) is 0 Å². The molecule has 0 aliphatic heterocycles. The fraction of sp³-hybridized carbons (Fsp3) is 0.150. The average molecular weight is 377 g/mol. The van der Waals surface area contributed by atoms with E-state index in [1.807, 2.05) is 39.6 Å². The Hall–Kier alpha value is -3.65. The third-order valence-corrected chi connectivity index (χ3v) is 4.28. The summed E-state index contributed by atoms with van der Waals surface area (Å²) in [4.78, 5) is 21.8. The SMILES string of the molecule is COCCn1cnc(-c2nc(C(=O)Nc3cccc(O)c3)c3ccccn23)c1. The largest absolute Gasteiger partial charge is 0.508 e. The Balaban J connectivity index is 1.70. The molecule has 0 aliphatic carbocycles. The Morgan fingerprint density at radius 2 is 2.14 bits per heavy atom. The molecule has 142 valence electrons. The molecule has 4 aromatic rings. The van der Waals surface area contributed by atoms with Gasteiger partial charge in [0.05, 0.1) is 18.5 Å². The number of hydrogen-bond acceptors (Lipinski definition) is 5. The number of ether oxygens (including phenoxy) is 1. The molecule has 8 nitrogen and oxygen atoms in total. The number of imidazole rings is 2. The minimum atomic E-state index is -0.362. The van der Waals surface area contributed by atoms with E-state index in [1.54, 1.807) is 31.6 Å². The van der Waals surface area contributed by atoms with Gasteiger partial charge in [0.15, 0.2) is 11.5 Å². The van der Waals surface area contributed by atoms with Crippen molar-refractivity contribution in [2.75, 3.05) is 19.0 Å². The normalized spacial score (nSPS) is 11.0. The minimum Gasteiger partial charge on any atom is -0.508 e. The van der Waals surface area contributed by atoms with E-state index in [0.29, 0.717) is 35.9 Å². The molecule has 3 heterocycles. The summed E-state index contributed by atoms with van der Waals surface area (Å²) in [6.45, 7) is 1.26. The van der Waals surface area contributed by atoms with Crippen molar-refractivity contribution in [1.29, 1.82) is 0 Å². The van der Waals surface area contributed by atoms with Crippen LogP contribution in [-0.2, 0) is 11.3 Å². The number of phenols is 1. The Kier molecular flexibility index (Phi) is 4.77. The van der Waals surface area contributed by atoms with E-state index in [1.165, 1.54) is 6.07 Å². The summed E-state index contributed by atoms with van der Waals surface area (Å²) in [6, 6.07) is 11.9. The van der Waals surface area contributed by atoms with Crippen LogP contribution in [-0.4, -0.2) is 43.7 Å². The molecular formula is C20H19N5O3. The maximum Gasteiger partial charge on any atom is 0.276 e. The summed E-state index contributed by atoms with van der Waals surface area (Å²) in [6.07, 6.45) is 5.43. The zero-order valence-electron chi connectivity index (χ0n) is 15.2. The second kappa shape index (κ2) is 7.53. The van der Waals surface area contributed by atoms with Gasteiger partial charge in [-0.3, -0.25) is 9.20 Å². The number of carbonyl (C=O) groups excluding carboxylic acids is 1. The molecule has 28 heavy (non-hydrogen) atoms. The number of rotatable bonds is 6. The quantitative estimate of drug-likeness (QED) is 0.539. The van der Waals surface area contributed by atoms with Gasteiger partial charge in [-0.25, -0.2) is 9.97 Å². The lowest BCUT2D eigenvalue weighted by molar-refractivity contribution is 0.102. The Morgan fingerprint density at radius 3 is 2.96 bits per heavy atom. The molecule has 0 unspecified atom stereocenters. The highest BCUT2D eigenvalue weighted by atomic mass is 16.5. The van der Waals surface area contributed by atoms with Gasteiger partial charge in [0.1, 0.15) is 11.4 Å². The number of pyridine rings is 1. The van der Waals surface area contributed by atoms with Gasteiger partial charge in [0.2, 0.25) is 0 Å². The van der Waals surface area contributed by atoms with Crippen LogP contribution in [0.25, 0.3) is 17.0 Å². The molecule has 0 aliphatic rings. The van der Waals surface area contributed by atoms with E-state index in [4.69, 9.17) is 4.74 Å². The molecule has 1 amide bonds. The zero-order valence-corrected chi connectivity index (χ0v) is 15.2. The summed E-state index contributed by atoms with van der Waals surface area (Å²) < 4.78 is 8.84. The lowest BCUT2D eigenvalue weighted by Crippen LogP contribution is -2.12. The number of hydrogen-bond donors (Lipinski definition) is 2. The highest BCUT2D eigenvalue weighted by molar-refractivity contribution is 6.08. The molecule has 0 saturated carbocycles. The van der Waals surface area contributed by atoms with Crippen LogP contribution in [0.2, 0.25) is 0 Å². The van der Waals surface area contributed by atoms with Crippen molar-refractivity contribution < 1.29 is 14.6 Å². The van der Waals surface area contributed by atoms with Crippen LogP contribution in [0.5, 0.6) is 5.75 Å². The zero-order chi connectivity index (χ0) is 19.5. The first-order valence-electron chi connectivity index (χ1n) is 8.74. The molecule has 0 spiro atoms. The Bertz CT molecular complexity index is 1130. The fourth-order valence-corrected chi connectivity index (χ4v) is 2.95. The van der Waals surface area contributed by atoms with E-state index in [0.717, 1.165) is 0 Å². The van der Waals surface area contributed by atoms with Crippen molar-refractivity contribution in [3.05, 3.63) is 66.9 Å². The number of phenolic OH excluding ortho intramolecular Hbond substituents is 1. The lowest BCUT2D eigenvalue weighted by atomic mass is 10.2. The van der Waals surface area contributed by atoms with Crippen LogP contribution in [0, 0.1) is 0 Å². The summed E-state index contributed by atoms with van der Waals surface area (Å²) >= 11 is 0. The van der Waals surface area contributed by atoms with Gasteiger partial charge >= 0.3 is 0 Å². The van der Waals surface area contributed by atoms with Gasteiger partial charge < -0.3 is 19.7 Å². The van der Waals surface area contributed by atoms with Crippen molar-refractivity contribution in [1.82, 2.24) is 18.9 Å². The van der Waals surface area contributed by atoms with E-state index >= 15 is 0 Å². The highest BCUT2D eigenvalue weighted by Crippen LogP contribution is 2.23. The third kappa shape index (κ3) is 3.45. The molecule has 1 aromatic carbocycles. The maximum atomic E-state index is 12.8. The molecule has 0 fully saturated rings. The number of fused-ring (bicyclic) bond motifs is 1. The second-order valence-electron chi connectivity index (χ2n) is 6.23. The first-order chi connectivity index (χ1) is 13.7. The van der Waals surface area contributed by atoms with Crippen LogP contribution in [0.15, 0.2) is 61.2 Å². The van der Waals surface area contributed by atoms with E-state index in [2.05, 4.69) is 15.3 Å². The Morgan fingerprint density at radius 1 is 1.25 bits per heavy atom. The molecule has 0 saturated heterocycles. The lowest BCUT2D eigenvalue weighted by Gasteiger charge is -2.04. The molecule has 8 heteroatoms. The summed E-state index contributed by atoms with van der Waals surface area (Å²) in [5.74, 6) is 0.293. The van der Waals surface area contributed by atoms with Crippen molar-refractivity contribution in [2.24, 2.45) is 0 Å². The van der Waals surface area contributed by atoms with Gasteiger partial charge in [-0.2, -0.15) is 0 Å². The fourth-order valence-electron chi connectivity index (χ4n) is 2.95. The maximum absolute atomic E-state index is 12.8. The molecule has 0 bridgehead atoms. The van der Waals surface area contributed by atoms with Crippen LogP contribution >= 0.6 is 0 Å². The third-order valence-electron chi connectivity index (χ3n) is 4.28. The monoisotopic (exact) mass is 377 g/mol. The number of nitrogens with zero attached hydrogens (tertiary/aromatic N) is 4. The number of amides is 1. The average Bonchev–Trinajstić information content (AvgIpc) is 3.31. The van der Waals surface area contributed by atoms with Crippen LogP contribution in [0.3, 0.4) is 0 Å². The van der Waals surface area contributed by atoms with Gasteiger partial charge in [-0.05, 0) is 24.3 Å². The Labute approximate surface area is 161 Å². The van der Waals surface area contributed by atoms with Crippen LogP contribution in [0.4, 0.5) is 5.69 Å². The van der Waals surface area contributed by atoms with Crippen molar-refractivity contribution >= 4 is 17.1 Å². The smallest absolute Gasteiger partial charge is 0.276 e. The topological polar surface area (TPSA) is 93.7 Å². The molecule has 0 radical (unpaired) electrons. The molecule has 4 rings (SSSR count). The summed E-state index contributed by atoms with van der Waals surface area (Å²) in [5.41, 5.74) is 2.10. The van der Waals surface area contributed by atoms with Crippen LogP contribution in [0.1, 0.15) is 10.5 Å². The number of anilines is 1. The van der Waals surface area contributed by atoms with Gasteiger partial charge in [0.25, 0.3) is 5.91 Å². The highest BCUT2D eigenvalue weighted by Gasteiger charge is 2.19. The van der Waals surface area contributed by atoms with E-state index in [9.17, 15) is 9.90 Å². The molecular weight excluding hydrogens is 358 g/mol. The number of benzene rings is 1. The van der Waals surface area contributed by atoms with Gasteiger partial charge in [0, 0.05) is 37.8 Å². The standard InChI is InChI=1S/C20H19N5O3/c1-28-10-9-24-12-16(21-13-24)19-23-18(17-7-2-3-8-25(17)19)20(27)22-14-5-4-6-15(26)11-14/h2-8,11-13,26H,9-10H2,1H3,(H,22,27). The van der Waals surface area contributed by atoms with E-state index < -0.39 is 0 Å². The predicted molar refractivity (Wildman–Crippen MR) is 104 cm³/mol. The first-order valence-corrected chi connectivity index (χ1v) is 8.74. The molecule has 2 N–H and O–H groups in total. The number of carbonyl (C=O) groups is 1. The predicted octanol–water partition coefficient (Wildman–Crippen LogP) is 2.80. The summed E-state index contributed by atoms with van der Waals surface area (Å²) in [7, 11) is 1.65. The van der Waals surface area contributed by atoms with E-state index in [-0.39, 0.29) is 17.4 Å². The molecule has 3 aromatic heterocycles. The number of aromatic hydroxyl groups is 1. The number of nitrogens with one attached hydrogen (secondary N) is 1. The summed E-state index contributed by atoms with van der Waals surface area (Å²) in [5, 5.41) is 12.4. The van der Waals surface area contributed by atoms with Crippen LogP contribution < -0.4 is 5.32 Å². The molecule has 0 atom stereocenters. The second-order valence-corrected chi connectivity index (χ2v) is 6.23. The van der Waals surface area contributed by atoms with Crippen molar-refractivity contribution in [2.45, 2.75) is 6.54 Å². The number of aromatic nitrogens is 4. The van der Waals surface area contributed by atoms with Gasteiger partial charge in [-0.15, -0.1) is 0 Å². The first kappa shape index (κ1) is 17.7.